The van der Waals surface area contributed by atoms with Crippen LogP contribution in [-0.2, 0) is 19.4 Å². The van der Waals surface area contributed by atoms with Crippen molar-refractivity contribution < 1.29 is 5.11 Å². The first-order valence-corrected chi connectivity index (χ1v) is 12.0. The van der Waals surface area contributed by atoms with Gasteiger partial charge in [-0.25, -0.2) is 0 Å². The van der Waals surface area contributed by atoms with E-state index in [-0.39, 0.29) is 5.88 Å². The molecular formula is C27H27BrN4O. The Morgan fingerprint density at radius 3 is 2.58 bits per heavy atom. The molecule has 0 saturated heterocycles. The molecule has 0 amide bonds. The molecule has 0 saturated carbocycles. The Labute approximate surface area is 202 Å². The molecule has 1 aliphatic rings. The highest BCUT2D eigenvalue weighted by Gasteiger charge is 2.16. The second kappa shape index (κ2) is 9.04. The Morgan fingerprint density at radius 2 is 1.79 bits per heavy atom. The molecule has 4 aromatic rings. The van der Waals surface area contributed by atoms with Gasteiger partial charge in [-0.3, -0.25) is 9.89 Å². The van der Waals surface area contributed by atoms with Crippen LogP contribution >= 0.6 is 15.9 Å². The lowest BCUT2D eigenvalue weighted by Crippen LogP contribution is -2.25. The molecule has 6 heteroatoms. The number of fused-ring (bicyclic) bond motifs is 2. The number of hydrogen-bond acceptors (Lipinski definition) is 4. The van der Waals surface area contributed by atoms with Crippen molar-refractivity contribution in [1.29, 1.82) is 0 Å². The maximum absolute atomic E-state index is 10.4. The van der Waals surface area contributed by atoms with E-state index in [2.05, 4.69) is 56.1 Å². The van der Waals surface area contributed by atoms with Crippen LogP contribution in [0.5, 0.6) is 5.88 Å². The Balaban J connectivity index is 1.30. The molecule has 1 aromatic heterocycles. The van der Waals surface area contributed by atoms with Crippen molar-refractivity contribution in [3.8, 4) is 5.88 Å². The van der Waals surface area contributed by atoms with Gasteiger partial charge in [-0.15, -0.1) is 0 Å². The van der Waals surface area contributed by atoms with Crippen molar-refractivity contribution in [2.24, 2.45) is 4.99 Å². The zero-order valence-electron chi connectivity index (χ0n) is 18.6. The summed E-state index contributed by atoms with van der Waals surface area (Å²) >= 11 is 3.59. The van der Waals surface area contributed by atoms with E-state index in [1.165, 1.54) is 16.7 Å². The SMILES string of the molecule is CC(=Nc1ccc(CN2CCc3ccc(Br)cc3CC2)cc1)c1c(O)[nH]c2ccc(N)cc12. The van der Waals surface area contributed by atoms with Crippen molar-refractivity contribution in [3.63, 3.8) is 0 Å². The molecule has 168 valence electrons. The maximum Gasteiger partial charge on any atom is 0.198 e. The summed E-state index contributed by atoms with van der Waals surface area (Å²) in [4.78, 5) is 10.3. The van der Waals surface area contributed by atoms with Crippen LogP contribution in [0, 0.1) is 0 Å². The topological polar surface area (TPSA) is 77.6 Å². The Bertz CT molecular complexity index is 1340. The first-order valence-electron chi connectivity index (χ1n) is 11.2. The molecule has 0 bridgehead atoms. The molecule has 0 spiro atoms. The van der Waals surface area contributed by atoms with Crippen molar-refractivity contribution in [2.45, 2.75) is 26.3 Å². The third kappa shape index (κ3) is 4.68. The fourth-order valence-electron chi connectivity index (χ4n) is 4.64. The van der Waals surface area contributed by atoms with Gasteiger partial charge in [0.1, 0.15) is 0 Å². The Morgan fingerprint density at radius 1 is 1.03 bits per heavy atom. The number of anilines is 1. The van der Waals surface area contributed by atoms with Gasteiger partial charge in [-0.2, -0.15) is 0 Å². The van der Waals surface area contributed by atoms with E-state index in [1.807, 2.05) is 37.3 Å². The highest BCUT2D eigenvalue weighted by atomic mass is 79.9. The number of halogens is 1. The van der Waals surface area contributed by atoms with Crippen LogP contribution in [0.4, 0.5) is 11.4 Å². The summed E-state index contributed by atoms with van der Waals surface area (Å²) in [7, 11) is 0. The number of rotatable bonds is 4. The predicted molar refractivity (Wildman–Crippen MR) is 140 cm³/mol. The maximum atomic E-state index is 10.4. The van der Waals surface area contributed by atoms with Gasteiger partial charge in [0.25, 0.3) is 0 Å². The standard InChI is InChI=1S/C27H27BrN4O/c1-17(26-24-15-22(29)6-9-25(24)31-27(26)33)30-23-7-2-18(3-8-23)16-32-12-10-19-4-5-21(28)14-20(19)11-13-32/h2-9,14-15,31,33H,10-13,16,29H2,1H3. The van der Waals surface area contributed by atoms with Gasteiger partial charge in [-0.1, -0.05) is 34.1 Å². The third-order valence-corrected chi connectivity index (χ3v) is 6.86. The summed E-state index contributed by atoms with van der Waals surface area (Å²) in [5.41, 5.74) is 13.9. The monoisotopic (exact) mass is 502 g/mol. The number of benzene rings is 3. The highest BCUT2D eigenvalue weighted by Crippen LogP contribution is 2.30. The molecule has 5 rings (SSSR count). The van der Waals surface area contributed by atoms with Crippen LogP contribution in [-0.4, -0.2) is 33.8 Å². The Kier molecular flexibility index (Phi) is 5.96. The number of aromatic amines is 1. The first kappa shape index (κ1) is 21.7. The van der Waals surface area contributed by atoms with E-state index >= 15 is 0 Å². The van der Waals surface area contributed by atoms with Crippen LogP contribution in [0.25, 0.3) is 10.9 Å². The van der Waals surface area contributed by atoms with Crippen LogP contribution in [0.3, 0.4) is 0 Å². The molecule has 33 heavy (non-hydrogen) atoms. The zero-order chi connectivity index (χ0) is 22.9. The molecule has 0 fully saturated rings. The van der Waals surface area contributed by atoms with Crippen molar-refractivity contribution in [2.75, 3.05) is 18.8 Å². The molecule has 3 aromatic carbocycles. The van der Waals surface area contributed by atoms with E-state index in [1.54, 1.807) is 0 Å². The molecule has 0 aliphatic carbocycles. The number of aliphatic imine (C=N–C) groups is 1. The molecule has 4 N–H and O–H groups in total. The largest absolute Gasteiger partial charge is 0.494 e. The van der Waals surface area contributed by atoms with Gasteiger partial charge >= 0.3 is 0 Å². The van der Waals surface area contributed by atoms with E-state index in [4.69, 9.17) is 10.7 Å². The van der Waals surface area contributed by atoms with Gasteiger partial charge in [0.15, 0.2) is 5.88 Å². The second-order valence-corrected chi connectivity index (χ2v) is 9.62. The van der Waals surface area contributed by atoms with Crippen LogP contribution in [0.15, 0.2) is 70.1 Å². The number of nitrogens with one attached hydrogen (secondary N) is 1. The number of hydrogen-bond donors (Lipinski definition) is 3. The lowest BCUT2D eigenvalue weighted by Gasteiger charge is -2.19. The van der Waals surface area contributed by atoms with E-state index in [9.17, 15) is 5.11 Å². The number of nitrogens with two attached hydrogens (primary N) is 1. The average molecular weight is 503 g/mol. The molecule has 0 atom stereocenters. The second-order valence-electron chi connectivity index (χ2n) is 8.71. The van der Waals surface area contributed by atoms with E-state index in [0.717, 1.165) is 59.3 Å². The minimum absolute atomic E-state index is 0.114. The third-order valence-electron chi connectivity index (χ3n) is 6.37. The quantitative estimate of drug-likeness (QED) is 0.238. The summed E-state index contributed by atoms with van der Waals surface area (Å²) in [6, 6.07) is 20.6. The lowest BCUT2D eigenvalue weighted by atomic mass is 10.0. The number of nitrogen functional groups attached to an aromatic ring is 1. The highest BCUT2D eigenvalue weighted by molar-refractivity contribution is 9.10. The number of nitrogens with zero attached hydrogens (tertiary/aromatic N) is 2. The summed E-state index contributed by atoms with van der Waals surface area (Å²) < 4.78 is 1.16. The molecular weight excluding hydrogens is 476 g/mol. The van der Waals surface area contributed by atoms with Crippen LogP contribution in [0.1, 0.15) is 29.2 Å². The average Bonchev–Trinajstić information content (AvgIpc) is 2.99. The lowest BCUT2D eigenvalue weighted by molar-refractivity contribution is 0.279. The van der Waals surface area contributed by atoms with Crippen LogP contribution in [0.2, 0.25) is 0 Å². The number of aromatic hydroxyl groups is 1. The summed E-state index contributed by atoms with van der Waals surface area (Å²) in [6.45, 7) is 4.97. The molecule has 0 unspecified atom stereocenters. The fourth-order valence-corrected chi connectivity index (χ4v) is 5.05. The van der Waals surface area contributed by atoms with Crippen molar-refractivity contribution >= 4 is 43.9 Å². The van der Waals surface area contributed by atoms with Gasteiger partial charge in [-0.05, 0) is 78.9 Å². The summed E-state index contributed by atoms with van der Waals surface area (Å²) in [6.07, 6.45) is 2.16. The van der Waals surface area contributed by atoms with E-state index < -0.39 is 0 Å². The van der Waals surface area contributed by atoms with Gasteiger partial charge in [0.2, 0.25) is 0 Å². The molecule has 5 nitrogen and oxygen atoms in total. The summed E-state index contributed by atoms with van der Waals surface area (Å²) in [5.74, 6) is 0.114. The van der Waals surface area contributed by atoms with Gasteiger partial charge < -0.3 is 15.8 Å². The summed E-state index contributed by atoms with van der Waals surface area (Å²) in [5, 5.41) is 11.3. The molecule has 1 aliphatic heterocycles. The minimum Gasteiger partial charge on any atom is -0.494 e. The Hall–Kier alpha value is -3.09. The zero-order valence-corrected chi connectivity index (χ0v) is 20.2. The van der Waals surface area contributed by atoms with Crippen molar-refractivity contribution in [3.05, 3.63) is 87.4 Å². The molecule has 0 radical (unpaired) electrons. The van der Waals surface area contributed by atoms with E-state index in [0.29, 0.717) is 11.3 Å². The number of H-pyrrole nitrogens is 1. The molecule has 2 heterocycles. The van der Waals surface area contributed by atoms with Gasteiger partial charge in [0.05, 0.1) is 17.0 Å². The van der Waals surface area contributed by atoms with Crippen molar-refractivity contribution in [1.82, 2.24) is 9.88 Å². The van der Waals surface area contributed by atoms with Gasteiger partial charge in [0, 0.05) is 40.7 Å². The number of aromatic nitrogens is 1. The predicted octanol–water partition coefficient (Wildman–Crippen LogP) is 5.96. The van der Waals surface area contributed by atoms with Crippen LogP contribution < -0.4 is 5.73 Å². The normalized spacial score (nSPS) is 14.9. The smallest absolute Gasteiger partial charge is 0.198 e. The first-order chi connectivity index (χ1) is 16.0. The fraction of sp³-hybridized carbons (Fsp3) is 0.222. The minimum atomic E-state index is 0.114.